The molecule has 4 nitrogen and oxygen atoms in total. The van der Waals surface area contributed by atoms with E-state index < -0.39 is 5.97 Å². The molecule has 2 unspecified atom stereocenters. The normalized spacial score (nSPS) is 28.7. The SMILES string of the molecule is O=C(O)c1cc(Cl)ccc1OC1CCOC2(CCSC2)C1. The number of thioether (sulfide) groups is 1. The zero-order valence-corrected chi connectivity index (χ0v) is 13.1. The number of halogens is 1. The van der Waals surface area contributed by atoms with Crippen LogP contribution in [0.4, 0.5) is 0 Å². The van der Waals surface area contributed by atoms with E-state index in [9.17, 15) is 9.90 Å². The molecule has 0 bridgehead atoms. The second-order valence-electron chi connectivity index (χ2n) is 5.51. The van der Waals surface area contributed by atoms with Crippen LogP contribution in [0.15, 0.2) is 18.2 Å². The fourth-order valence-corrected chi connectivity index (χ4v) is 4.45. The van der Waals surface area contributed by atoms with Gasteiger partial charge in [-0.15, -0.1) is 0 Å². The maximum Gasteiger partial charge on any atom is 0.339 e. The van der Waals surface area contributed by atoms with Crippen molar-refractivity contribution in [2.75, 3.05) is 18.1 Å². The van der Waals surface area contributed by atoms with Crippen LogP contribution in [-0.2, 0) is 4.74 Å². The number of aromatic carboxylic acids is 1. The van der Waals surface area contributed by atoms with E-state index in [-0.39, 0.29) is 17.3 Å². The highest BCUT2D eigenvalue weighted by atomic mass is 35.5. The van der Waals surface area contributed by atoms with E-state index in [0.29, 0.717) is 17.4 Å². The van der Waals surface area contributed by atoms with Gasteiger partial charge >= 0.3 is 5.97 Å². The van der Waals surface area contributed by atoms with Crippen molar-refractivity contribution in [3.63, 3.8) is 0 Å². The summed E-state index contributed by atoms with van der Waals surface area (Å²) in [7, 11) is 0. The molecule has 2 atom stereocenters. The number of rotatable bonds is 3. The van der Waals surface area contributed by atoms with Crippen molar-refractivity contribution in [2.45, 2.75) is 31.0 Å². The lowest BCUT2D eigenvalue weighted by molar-refractivity contribution is -0.0959. The number of benzene rings is 1. The van der Waals surface area contributed by atoms with E-state index in [1.807, 2.05) is 11.8 Å². The van der Waals surface area contributed by atoms with Crippen LogP contribution in [0.1, 0.15) is 29.6 Å². The first-order valence-corrected chi connectivity index (χ1v) is 8.52. The van der Waals surface area contributed by atoms with Gasteiger partial charge in [-0.1, -0.05) is 11.6 Å². The Morgan fingerprint density at radius 2 is 2.38 bits per heavy atom. The lowest BCUT2D eigenvalue weighted by Crippen LogP contribution is -2.44. The molecule has 0 aliphatic carbocycles. The molecular weight excluding hydrogens is 312 g/mol. The summed E-state index contributed by atoms with van der Waals surface area (Å²) >= 11 is 7.77. The fourth-order valence-electron chi connectivity index (χ4n) is 2.90. The molecule has 0 radical (unpaired) electrons. The summed E-state index contributed by atoms with van der Waals surface area (Å²) in [5.74, 6) is 1.48. The standard InChI is InChI=1S/C15H17ClO4S/c16-10-1-2-13(12(7-10)14(17)18)20-11-3-5-19-15(8-11)4-6-21-9-15/h1-2,7,11H,3-6,8-9H2,(H,17,18). The summed E-state index contributed by atoms with van der Waals surface area (Å²) in [6.45, 7) is 0.668. The molecule has 3 rings (SSSR count). The minimum absolute atomic E-state index is 0.00303. The summed E-state index contributed by atoms with van der Waals surface area (Å²) in [4.78, 5) is 11.3. The Morgan fingerprint density at radius 3 is 3.10 bits per heavy atom. The highest BCUT2D eigenvalue weighted by molar-refractivity contribution is 7.99. The summed E-state index contributed by atoms with van der Waals surface area (Å²) in [6.07, 6.45) is 2.65. The quantitative estimate of drug-likeness (QED) is 0.920. The third kappa shape index (κ3) is 3.30. The molecule has 6 heteroatoms. The topological polar surface area (TPSA) is 55.8 Å². The molecular formula is C15H17ClO4S. The zero-order valence-electron chi connectivity index (χ0n) is 11.5. The van der Waals surface area contributed by atoms with E-state index in [0.717, 1.165) is 30.8 Å². The first kappa shape index (κ1) is 15.0. The predicted octanol–water partition coefficient (Wildman–Crippen LogP) is 3.47. The molecule has 1 spiro atoms. The summed E-state index contributed by atoms with van der Waals surface area (Å²) in [5.41, 5.74) is 0.0347. The van der Waals surface area contributed by atoms with Gasteiger partial charge in [0.1, 0.15) is 17.4 Å². The van der Waals surface area contributed by atoms with Crippen molar-refractivity contribution < 1.29 is 19.4 Å². The number of carboxylic acid groups (broad SMARTS) is 1. The van der Waals surface area contributed by atoms with Crippen LogP contribution in [0.2, 0.25) is 5.02 Å². The largest absolute Gasteiger partial charge is 0.489 e. The van der Waals surface area contributed by atoms with Gasteiger partial charge in [-0.05, 0) is 30.4 Å². The molecule has 0 aromatic heterocycles. The van der Waals surface area contributed by atoms with Gasteiger partial charge in [0.2, 0.25) is 0 Å². The molecule has 1 N–H and O–H groups in total. The Kier molecular flexibility index (Phi) is 4.33. The van der Waals surface area contributed by atoms with Gasteiger partial charge in [0.05, 0.1) is 12.2 Å². The lowest BCUT2D eigenvalue weighted by atomic mass is 9.91. The third-order valence-electron chi connectivity index (χ3n) is 3.98. The van der Waals surface area contributed by atoms with Crippen LogP contribution in [-0.4, -0.2) is 40.9 Å². The number of carbonyl (C=O) groups is 1. The van der Waals surface area contributed by atoms with Gasteiger partial charge < -0.3 is 14.6 Å². The van der Waals surface area contributed by atoms with Crippen LogP contribution in [0, 0.1) is 0 Å². The van der Waals surface area contributed by atoms with Crippen molar-refractivity contribution in [1.29, 1.82) is 0 Å². The molecule has 2 heterocycles. The summed E-state index contributed by atoms with van der Waals surface area (Å²) < 4.78 is 11.9. The minimum Gasteiger partial charge on any atom is -0.489 e. The van der Waals surface area contributed by atoms with Crippen LogP contribution in [0.25, 0.3) is 0 Å². The van der Waals surface area contributed by atoms with E-state index in [2.05, 4.69) is 0 Å². The number of hydrogen-bond acceptors (Lipinski definition) is 4. The second kappa shape index (κ2) is 6.07. The third-order valence-corrected chi connectivity index (χ3v) is 5.44. The smallest absolute Gasteiger partial charge is 0.339 e. The first-order valence-electron chi connectivity index (χ1n) is 6.99. The predicted molar refractivity (Wildman–Crippen MR) is 82.7 cm³/mol. The molecule has 2 aliphatic heterocycles. The summed E-state index contributed by atoms with van der Waals surface area (Å²) in [5, 5.41) is 9.66. The maximum absolute atomic E-state index is 11.3. The van der Waals surface area contributed by atoms with Gasteiger partial charge in [0.25, 0.3) is 0 Å². The molecule has 1 aromatic rings. The molecule has 2 saturated heterocycles. The van der Waals surface area contributed by atoms with E-state index in [1.54, 1.807) is 12.1 Å². The first-order chi connectivity index (χ1) is 10.1. The monoisotopic (exact) mass is 328 g/mol. The van der Waals surface area contributed by atoms with Crippen LogP contribution >= 0.6 is 23.4 Å². The maximum atomic E-state index is 11.3. The van der Waals surface area contributed by atoms with Crippen molar-refractivity contribution >= 4 is 29.3 Å². The lowest BCUT2D eigenvalue weighted by Gasteiger charge is -2.37. The average Bonchev–Trinajstić information content (AvgIpc) is 2.88. The second-order valence-corrected chi connectivity index (χ2v) is 7.05. The van der Waals surface area contributed by atoms with Gasteiger partial charge in [-0.2, -0.15) is 11.8 Å². The minimum atomic E-state index is -1.02. The van der Waals surface area contributed by atoms with Gasteiger partial charge in [0.15, 0.2) is 0 Å². The number of hydrogen-bond donors (Lipinski definition) is 1. The number of carboxylic acids is 1. The Hall–Kier alpha value is -0.910. The molecule has 2 aliphatic rings. The van der Waals surface area contributed by atoms with Crippen LogP contribution < -0.4 is 4.74 Å². The molecule has 2 fully saturated rings. The van der Waals surface area contributed by atoms with E-state index >= 15 is 0 Å². The molecule has 0 amide bonds. The Balaban J connectivity index is 1.75. The van der Waals surface area contributed by atoms with Crippen molar-refractivity contribution in [2.24, 2.45) is 0 Å². The fraction of sp³-hybridized carbons (Fsp3) is 0.533. The van der Waals surface area contributed by atoms with Crippen molar-refractivity contribution in [3.05, 3.63) is 28.8 Å². The Labute approximate surface area is 132 Å². The zero-order chi connectivity index (χ0) is 14.9. The van der Waals surface area contributed by atoms with Gasteiger partial charge in [-0.25, -0.2) is 4.79 Å². The molecule has 0 saturated carbocycles. The van der Waals surface area contributed by atoms with E-state index in [1.165, 1.54) is 6.07 Å². The molecule has 1 aromatic carbocycles. The van der Waals surface area contributed by atoms with E-state index in [4.69, 9.17) is 21.1 Å². The Bertz CT molecular complexity index is 542. The van der Waals surface area contributed by atoms with Crippen molar-refractivity contribution in [1.82, 2.24) is 0 Å². The van der Waals surface area contributed by atoms with Gasteiger partial charge in [-0.3, -0.25) is 0 Å². The highest BCUT2D eigenvalue weighted by Gasteiger charge is 2.41. The summed E-state index contributed by atoms with van der Waals surface area (Å²) in [6, 6.07) is 4.72. The van der Waals surface area contributed by atoms with Crippen LogP contribution in [0.3, 0.4) is 0 Å². The van der Waals surface area contributed by atoms with Gasteiger partial charge in [0, 0.05) is 23.6 Å². The average molecular weight is 329 g/mol. The number of ether oxygens (including phenoxy) is 2. The van der Waals surface area contributed by atoms with Crippen molar-refractivity contribution in [3.8, 4) is 5.75 Å². The molecule has 21 heavy (non-hydrogen) atoms. The Morgan fingerprint density at radius 1 is 1.52 bits per heavy atom. The van der Waals surface area contributed by atoms with Crippen LogP contribution in [0.5, 0.6) is 5.75 Å². The molecule has 114 valence electrons. The highest BCUT2D eigenvalue weighted by Crippen LogP contribution is 2.39.